The van der Waals surface area contributed by atoms with Crippen LogP contribution in [0.4, 0.5) is 5.69 Å². The van der Waals surface area contributed by atoms with Crippen molar-refractivity contribution in [3.05, 3.63) is 29.3 Å². The maximum absolute atomic E-state index is 2.34. The van der Waals surface area contributed by atoms with Crippen LogP contribution in [-0.2, 0) is 6.42 Å². The third-order valence-corrected chi connectivity index (χ3v) is 2.42. The Kier molecular flexibility index (Phi) is 1.38. The highest BCUT2D eigenvalue weighted by molar-refractivity contribution is 5.62. The number of anilines is 1. The molecule has 11 heavy (non-hydrogen) atoms. The van der Waals surface area contributed by atoms with Gasteiger partial charge in [-0.3, -0.25) is 0 Å². The molecule has 0 N–H and O–H groups in total. The molecule has 1 aromatic rings. The molecule has 58 valence electrons. The van der Waals surface area contributed by atoms with Gasteiger partial charge in [0.2, 0.25) is 0 Å². The fourth-order valence-electron chi connectivity index (χ4n) is 1.87. The predicted molar refractivity (Wildman–Crippen MR) is 48.2 cm³/mol. The lowest BCUT2D eigenvalue weighted by Gasteiger charge is -2.13. The summed E-state index contributed by atoms with van der Waals surface area (Å²) < 4.78 is 0. The van der Waals surface area contributed by atoms with E-state index in [1.54, 1.807) is 0 Å². The van der Waals surface area contributed by atoms with E-state index in [2.05, 4.69) is 37.1 Å². The zero-order valence-corrected chi connectivity index (χ0v) is 7.09. The van der Waals surface area contributed by atoms with Gasteiger partial charge in [-0.1, -0.05) is 18.2 Å². The zero-order chi connectivity index (χ0) is 7.84. The maximum Gasteiger partial charge on any atom is 0.0426 e. The van der Waals surface area contributed by atoms with Crippen molar-refractivity contribution in [2.45, 2.75) is 13.3 Å². The standard InChI is InChI=1S/C10H13N/c1-8-4-3-5-9-6-7-11(2)10(8)9/h3-5H,6-7H2,1-2H3. The number of aryl methyl sites for hydroxylation is 1. The molecule has 0 saturated carbocycles. The minimum atomic E-state index is 1.18. The van der Waals surface area contributed by atoms with Gasteiger partial charge in [0, 0.05) is 19.3 Å². The first kappa shape index (κ1) is 6.71. The zero-order valence-electron chi connectivity index (χ0n) is 7.09. The van der Waals surface area contributed by atoms with Crippen LogP contribution < -0.4 is 4.90 Å². The van der Waals surface area contributed by atoms with E-state index in [9.17, 15) is 0 Å². The highest BCUT2D eigenvalue weighted by atomic mass is 15.1. The van der Waals surface area contributed by atoms with Crippen LogP contribution in [0.1, 0.15) is 11.1 Å². The number of hydrogen-bond donors (Lipinski definition) is 0. The van der Waals surface area contributed by atoms with Crippen molar-refractivity contribution < 1.29 is 0 Å². The summed E-state index contributed by atoms with van der Waals surface area (Å²) in [5.74, 6) is 0. The van der Waals surface area contributed by atoms with E-state index < -0.39 is 0 Å². The van der Waals surface area contributed by atoms with E-state index >= 15 is 0 Å². The monoisotopic (exact) mass is 147 g/mol. The topological polar surface area (TPSA) is 3.24 Å². The average molecular weight is 147 g/mol. The summed E-state index contributed by atoms with van der Waals surface area (Å²) in [7, 11) is 2.17. The van der Waals surface area contributed by atoms with Gasteiger partial charge in [0.15, 0.2) is 0 Å². The van der Waals surface area contributed by atoms with E-state index in [0.29, 0.717) is 0 Å². The molecule has 2 rings (SSSR count). The molecule has 1 nitrogen and oxygen atoms in total. The van der Waals surface area contributed by atoms with Crippen LogP contribution in [-0.4, -0.2) is 13.6 Å². The Balaban J connectivity index is 2.58. The lowest BCUT2D eigenvalue weighted by atomic mass is 10.1. The van der Waals surface area contributed by atoms with Gasteiger partial charge in [-0.05, 0) is 24.5 Å². The Hall–Kier alpha value is -0.980. The fraction of sp³-hybridized carbons (Fsp3) is 0.400. The van der Waals surface area contributed by atoms with Crippen LogP contribution in [0.25, 0.3) is 0 Å². The van der Waals surface area contributed by atoms with Gasteiger partial charge < -0.3 is 4.90 Å². The molecule has 0 bridgehead atoms. The lowest BCUT2D eigenvalue weighted by Crippen LogP contribution is -2.13. The molecular formula is C10H13N. The Morgan fingerprint density at radius 1 is 1.36 bits per heavy atom. The summed E-state index contributed by atoms with van der Waals surface area (Å²) >= 11 is 0. The quantitative estimate of drug-likeness (QED) is 0.542. The van der Waals surface area contributed by atoms with Crippen molar-refractivity contribution in [1.29, 1.82) is 0 Å². The van der Waals surface area contributed by atoms with Crippen LogP contribution in [0.15, 0.2) is 18.2 Å². The Morgan fingerprint density at radius 3 is 2.91 bits per heavy atom. The number of nitrogens with zero attached hydrogens (tertiary/aromatic N) is 1. The molecule has 1 aliphatic rings. The first-order valence-electron chi connectivity index (χ1n) is 4.08. The second kappa shape index (κ2) is 2.26. The summed E-state index contributed by atoms with van der Waals surface area (Å²) in [5.41, 5.74) is 4.36. The number of likely N-dealkylation sites (N-methyl/N-ethyl adjacent to an activating group) is 1. The summed E-state index contributed by atoms with van der Waals surface area (Å²) in [5, 5.41) is 0. The van der Waals surface area contributed by atoms with Gasteiger partial charge in [0.1, 0.15) is 0 Å². The van der Waals surface area contributed by atoms with Gasteiger partial charge in [0.25, 0.3) is 0 Å². The van der Waals surface area contributed by atoms with Crippen molar-refractivity contribution in [3.8, 4) is 0 Å². The average Bonchev–Trinajstić information content (AvgIpc) is 2.34. The molecule has 0 atom stereocenters. The SMILES string of the molecule is Cc1cccc2c1N(C)CC2. The van der Waals surface area contributed by atoms with Gasteiger partial charge >= 0.3 is 0 Å². The minimum Gasteiger partial charge on any atom is -0.374 e. The minimum absolute atomic E-state index is 1.18. The summed E-state index contributed by atoms with van der Waals surface area (Å²) in [6.45, 7) is 3.36. The number of fused-ring (bicyclic) bond motifs is 1. The van der Waals surface area contributed by atoms with E-state index in [1.807, 2.05) is 0 Å². The van der Waals surface area contributed by atoms with Crippen LogP contribution in [0, 0.1) is 6.92 Å². The first-order valence-corrected chi connectivity index (χ1v) is 4.08. The molecule has 0 radical (unpaired) electrons. The number of hydrogen-bond acceptors (Lipinski definition) is 1. The van der Waals surface area contributed by atoms with Crippen molar-refractivity contribution >= 4 is 5.69 Å². The highest BCUT2D eigenvalue weighted by Gasteiger charge is 2.16. The molecule has 0 spiro atoms. The number of para-hydroxylation sites is 1. The predicted octanol–water partition coefficient (Wildman–Crippen LogP) is 1.99. The molecule has 0 saturated heterocycles. The van der Waals surface area contributed by atoms with Crippen molar-refractivity contribution in [1.82, 2.24) is 0 Å². The fourth-order valence-corrected chi connectivity index (χ4v) is 1.87. The molecule has 0 aliphatic carbocycles. The largest absolute Gasteiger partial charge is 0.374 e. The van der Waals surface area contributed by atoms with E-state index in [1.165, 1.54) is 29.8 Å². The van der Waals surface area contributed by atoms with Crippen molar-refractivity contribution in [2.24, 2.45) is 0 Å². The van der Waals surface area contributed by atoms with Crippen molar-refractivity contribution in [3.63, 3.8) is 0 Å². The first-order chi connectivity index (χ1) is 5.29. The number of rotatable bonds is 0. The number of benzene rings is 1. The normalized spacial score (nSPS) is 15.3. The lowest BCUT2D eigenvalue weighted by molar-refractivity contribution is 0.954. The molecule has 0 fully saturated rings. The molecule has 1 heteroatoms. The Morgan fingerprint density at radius 2 is 2.18 bits per heavy atom. The molecular weight excluding hydrogens is 134 g/mol. The molecule has 0 amide bonds. The third kappa shape index (κ3) is 0.917. The molecule has 0 aromatic heterocycles. The van der Waals surface area contributed by atoms with Crippen molar-refractivity contribution in [2.75, 3.05) is 18.5 Å². The smallest absolute Gasteiger partial charge is 0.0426 e. The van der Waals surface area contributed by atoms with Gasteiger partial charge in [-0.15, -0.1) is 0 Å². The summed E-state index contributed by atoms with van der Waals surface area (Å²) in [4.78, 5) is 2.34. The highest BCUT2D eigenvalue weighted by Crippen LogP contribution is 2.29. The van der Waals surface area contributed by atoms with Gasteiger partial charge in [-0.25, -0.2) is 0 Å². The summed E-state index contributed by atoms with van der Waals surface area (Å²) in [6, 6.07) is 6.56. The summed E-state index contributed by atoms with van der Waals surface area (Å²) in [6.07, 6.45) is 1.22. The van der Waals surface area contributed by atoms with E-state index in [0.717, 1.165) is 0 Å². The van der Waals surface area contributed by atoms with Gasteiger partial charge in [0.05, 0.1) is 0 Å². The van der Waals surface area contributed by atoms with Crippen LogP contribution in [0.2, 0.25) is 0 Å². The maximum atomic E-state index is 2.34. The Bertz CT molecular complexity index is 278. The van der Waals surface area contributed by atoms with Crippen LogP contribution in [0.3, 0.4) is 0 Å². The second-order valence-electron chi connectivity index (χ2n) is 3.25. The Labute approximate surface area is 67.6 Å². The second-order valence-corrected chi connectivity index (χ2v) is 3.25. The van der Waals surface area contributed by atoms with E-state index in [-0.39, 0.29) is 0 Å². The van der Waals surface area contributed by atoms with E-state index in [4.69, 9.17) is 0 Å². The molecule has 1 aliphatic heterocycles. The van der Waals surface area contributed by atoms with Gasteiger partial charge in [-0.2, -0.15) is 0 Å². The molecule has 1 heterocycles. The van der Waals surface area contributed by atoms with Crippen LogP contribution in [0.5, 0.6) is 0 Å². The van der Waals surface area contributed by atoms with Crippen LogP contribution >= 0.6 is 0 Å². The third-order valence-electron chi connectivity index (χ3n) is 2.42. The molecule has 1 aromatic carbocycles. The molecule has 0 unspecified atom stereocenters.